The van der Waals surface area contributed by atoms with Gasteiger partial charge in [-0.05, 0) is 44.8 Å². The second-order valence-corrected chi connectivity index (χ2v) is 9.90. The van der Waals surface area contributed by atoms with Crippen molar-refractivity contribution in [3.05, 3.63) is 70.0 Å². The summed E-state index contributed by atoms with van der Waals surface area (Å²) in [5.74, 6) is -0.0511. The lowest BCUT2D eigenvalue weighted by molar-refractivity contribution is -0.384. The molecule has 0 aliphatic carbocycles. The minimum Gasteiger partial charge on any atom is -0.395 e. The summed E-state index contributed by atoms with van der Waals surface area (Å²) < 4.78 is 0. The molecule has 1 amide bonds. The van der Waals surface area contributed by atoms with Gasteiger partial charge in [-0.2, -0.15) is 0 Å². The van der Waals surface area contributed by atoms with Crippen LogP contribution in [-0.4, -0.2) is 95.1 Å². The van der Waals surface area contributed by atoms with E-state index in [1.165, 1.54) is 11.0 Å². The standard InChI is InChI=1S/C28H34N8O4/c1-18-16-23(34(4)13-12-33(2)3)24(36(39)40)17-22(18)32-28-29-11-10-21(31-28)25-19-8-6-7-9-20(19)30-26(25)27(38)35(5)14-15-37/h6-11,16-17,30,37H,12-15H2,1-5H3,(H,29,31,32). The van der Waals surface area contributed by atoms with Crippen molar-refractivity contribution in [1.29, 1.82) is 0 Å². The molecule has 40 heavy (non-hydrogen) atoms. The fourth-order valence-electron chi connectivity index (χ4n) is 4.43. The molecule has 3 N–H and O–H groups in total. The molecule has 0 aliphatic heterocycles. The first-order valence-electron chi connectivity index (χ1n) is 12.8. The monoisotopic (exact) mass is 546 g/mol. The van der Waals surface area contributed by atoms with E-state index in [9.17, 15) is 20.0 Å². The second-order valence-electron chi connectivity index (χ2n) is 9.90. The molecular weight excluding hydrogens is 512 g/mol. The molecule has 0 bridgehead atoms. The maximum atomic E-state index is 13.2. The summed E-state index contributed by atoms with van der Waals surface area (Å²) in [5.41, 5.74) is 4.02. The molecule has 4 aromatic rings. The van der Waals surface area contributed by atoms with E-state index in [4.69, 9.17) is 0 Å². The molecule has 210 valence electrons. The van der Waals surface area contributed by atoms with Gasteiger partial charge in [0.1, 0.15) is 11.4 Å². The zero-order chi connectivity index (χ0) is 29.0. The summed E-state index contributed by atoms with van der Waals surface area (Å²) in [6, 6.07) is 12.5. The van der Waals surface area contributed by atoms with Crippen LogP contribution in [0.2, 0.25) is 0 Å². The van der Waals surface area contributed by atoms with Crippen LogP contribution in [0.4, 0.5) is 23.0 Å². The Morgan fingerprint density at radius 2 is 1.85 bits per heavy atom. The average Bonchev–Trinajstić information content (AvgIpc) is 3.32. The Hall–Kier alpha value is -4.55. The van der Waals surface area contributed by atoms with Crippen molar-refractivity contribution in [2.24, 2.45) is 0 Å². The number of fused-ring (bicyclic) bond motifs is 1. The zero-order valence-electron chi connectivity index (χ0n) is 23.3. The summed E-state index contributed by atoms with van der Waals surface area (Å²) in [6.45, 7) is 3.27. The smallest absolute Gasteiger partial charge is 0.294 e. The van der Waals surface area contributed by atoms with Gasteiger partial charge >= 0.3 is 0 Å². The summed E-state index contributed by atoms with van der Waals surface area (Å²) in [6.07, 6.45) is 1.57. The number of aromatic amines is 1. The summed E-state index contributed by atoms with van der Waals surface area (Å²) >= 11 is 0. The van der Waals surface area contributed by atoms with Gasteiger partial charge < -0.3 is 30.1 Å². The molecule has 0 saturated carbocycles. The van der Waals surface area contributed by atoms with Crippen molar-refractivity contribution in [2.75, 3.05) is 64.6 Å². The number of aryl methyl sites for hydroxylation is 1. The minimum atomic E-state index is -0.393. The van der Waals surface area contributed by atoms with Crippen LogP contribution in [0.5, 0.6) is 0 Å². The second kappa shape index (κ2) is 12.1. The molecule has 0 saturated heterocycles. The predicted octanol–water partition coefficient (Wildman–Crippen LogP) is 3.65. The molecule has 0 radical (unpaired) electrons. The highest BCUT2D eigenvalue weighted by atomic mass is 16.6. The number of nitro benzene ring substituents is 1. The van der Waals surface area contributed by atoms with Gasteiger partial charge in [0.15, 0.2) is 0 Å². The van der Waals surface area contributed by atoms with Crippen LogP contribution in [0, 0.1) is 17.0 Å². The van der Waals surface area contributed by atoms with E-state index < -0.39 is 4.92 Å². The SMILES string of the molecule is Cc1cc(N(C)CCN(C)C)c([N+](=O)[O-])cc1Nc1nccc(-c2c(C(=O)N(C)CCO)[nH]c3ccccc23)n1. The van der Waals surface area contributed by atoms with Gasteiger partial charge in [-0.3, -0.25) is 14.9 Å². The lowest BCUT2D eigenvalue weighted by Crippen LogP contribution is -2.30. The lowest BCUT2D eigenvalue weighted by atomic mass is 10.1. The van der Waals surface area contributed by atoms with E-state index in [0.717, 1.165) is 23.0 Å². The zero-order valence-corrected chi connectivity index (χ0v) is 23.3. The third-order valence-electron chi connectivity index (χ3n) is 6.67. The van der Waals surface area contributed by atoms with E-state index in [0.29, 0.717) is 34.9 Å². The number of nitrogens with zero attached hydrogens (tertiary/aromatic N) is 6. The highest BCUT2D eigenvalue weighted by molar-refractivity contribution is 6.09. The number of hydrogen-bond acceptors (Lipinski definition) is 9. The molecule has 0 atom stereocenters. The minimum absolute atomic E-state index is 0.0260. The number of carbonyl (C=O) groups is 1. The molecule has 0 unspecified atom stereocenters. The van der Waals surface area contributed by atoms with E-state index >= 15 is 0 Å². The fourth-order valence-corrected chi connectivity index (χ4v) is 4.43. The van der Waals surface area contributed by atoms with E-state index in [2.05, 4.69) is 20.3 Å². The first-order chi connectivity index (χ1) is 19.1. The van der Waals surface area contributed by atoms with Crippen LogP contribution < -0.4 is 10.2 Å². The Kier molecular flexibility index (Phi) is 8.61. The number of benzene rings is 2. The first kappa shape index (κ1) is 28.5. The molecule has 2 aromatic heterocycles. The van der Waals surface area contributed by atoms with Crippen molar-refractivity contribution in [1.82, 2.24) is 24.8 Å². The Morgan fingerprint density at radius 3 is 2.55 bits per heavy atom. The predicted molar refractivity (Wildman–Crippen MR) is 156 cm³/mol. The van der Waals surface area contributed by atoms with Crippen molar-refractivity contribution < 1.29 is 14.8 Å². The largest absolute Gasteiger partial charge is 0.395 e. The Bertz CT molecular complexity index is 1530. The van der Waals surface area contributed by atoms with Crippen molar-refractivity contribution >= 4 is 39.8 Å². The number of H-pyrrole nitrogens is 1. The number of para-hydroxylation sites is 1. The Balaban J connectivity index is 1.72. The van der Waals surface area contributed by atoms with Crippen molar-refractivity contribution in [2.45, 2.75) is 6.92 Å². The number of aliphatic hydroxyl groups is 1. The van der Waals surface area contributed by atoms with Crippen molar-refractivity contribution in [3.63, 3.8) is 0 Å². The molecule has 2 aromatic carbocycles. The lowest BCUT2D eigenvalue weighted by Gasteiger charge is -2.22. The van der Waals surface area contributed by atoms with Crippen LogP contribution in [0.3, 0.4) is 0 Å². The summed E-state index contributed by atoms with van der Waals surface area (Å²) in [4.78, 5) is 42.4. The molecule has 0 aliphatic rings. The molecule has 0 fully saturated rings. The van der Waals surface area contributed by atoms with Gasteiger partial charge in [-0.25, -0.2) is 9.97 Å². The normalized spacial score (nSPS) is 11.2. The third kappa shape index (κ3) is 6.03. The van der Waals surface area contributed by atoms with Crippen LogP contribution in [0.1, 0.15) is 16.1 Å². The maximum absolute atomic E-state index is 13.2. The number of anilines is 3. The summed E-state index contributed by atoms with van der Waals surface area (Å²) in [7, 11) is 7.37. The average molecular weight is 547 g/mol. The van der Waals surface area contributed by atoms with Crippen LogP contribution in [-0.2, 0) is 0 Å². The topological polar surface area (TPSA) is 144 Å². The maximum Gasteiger partial charge on any atom is 0.294 e. The number of rotatable bonds is 11. The highest BCUT2D eigenvalue weighted by Crippen LogP contribution is 2.35. The van der Waals surface area contributed by atoms with Crippen molar-refractivity contribution in [3.8, 4) is 11.3 Å². The Morgan fingerprint density at radius 1 is 1.10 bits per heavy atom. The molecule has 12 nitrogen and oxygen atoms in total. The van der Waals surface area contributed by atoms with E-state index in [1.807, 2.05) is 62.1 Å². The number of aromatic nitrogens is 3. The molecular formula is C28H34N8O4. The fraction of sp³-hybridized carbons (Fsp3) is 0.321. The third-order valence-corrected chi connectivity index (χ3v) is 6.67. The molecule has 12 heteroatoms. The first-order valence-corrected chi connectivity index (χ1v) is 12.8. The van der Waals surface area contributed by atoms with Gasteiger partial charge in [-0.1, -0.05) is 18.2 Å². The van der Waals surface area contributed by atoms with Gasteiger partial charge in [0, 0.05) is 62.5 Å². The number of nitro groups is 1. The number of hydrogen-bond donors (Lipinski definition) is 3. The van der Waals surface area contributed by atoms with Gasteiger partial charge in [0.05, 0.1) is 22.9 Å². The van der Waals surface area contributed by atoms with E-state index in [-0.39, 0.29) is 30.7 Å². The van der Waals surface area contributed by atoms with Crippen LogP contribution in [0.25, 0.3) is 22.2 Å². The number of amides is 1. The van der Waals surface area contributed by atoms with E-state index in [1.54, 1.807) is 25.4 Å². The number of nitrogens with one attached hydrogen (secondary N) is 2. The number of likely N-dealkylation sites (N-methyl/N-ethyl adjacent to an activating group) is 3. The highest BCUT2D eigenvalue weighted by Gasteiger charge is 2.24. The van der Waals surface area contributed by atoms with Crippen LogP contribution >= 0.6 is 0 Å². The van der Waals surface area contributed by atoms with Crippen LogP contribution in [0.15, 0.2) is 48.7 Å². The quantitative estimate of drug-likeness (QED) is 0.190. The number of aliphatic hydroxyl groups excluding tert-OH is 1. The van der Waals surface area contributed by atoms with Gasteiger partial charge in [-0.15, -0.1) is 0 Å². The number of carbonyl (C=O) groups excluding carboxylic acids is 1. The van der Waals surface area contributed by atoms with Gasteiger partial charge in [0.2, 0.25) is 5.95 Å². The summed E-state index contributed by atoms with van der Waals surface area (Å²) in [5, 5.41) is 25.2. The molecule has 0 spiro atoms. The van der Waals surface area contributed by atoms with Gasteiger partial charge in [0.25, 0.3) is 11.6 Å². The molecule has 2 heterocycles. The molecule has 4 rings (SSSR count). The Labute approximate surface area is 232 Å².